The Balaban J connectivity index is 0.00000392. The number of non-ortho nitro benzene ring substituents is 1. The average Bonchev–Trinajstić information content (AvgIpc) is 2.68. The van der Waals surface area contributed by atoms with Crippen LogP contribution in [0.3, 0.4) is 0 Å². The van der Waals surface area contributed by atoms with Crippen LogP contribution in [0, 0.1) is 10.1 Å². The van der Waals surface area contributed by atoms with Gasteiger partial charge in [-0.15, -0.1) is 24.0 Å². The number of hydrogen-bond donors (Lipinski definition) is 2. The normalized spacial score (nSPS) is 10.7. The van der Waals surface area contributed by atoms with Crippen LogP contribution in [0.4, 0.5) is 11.4 Å². The molecule has 2 aromatic rings. The molecule has 2 aromatic carbocycles. The van der Waals surface area contributed by atoms with Crippen LogP contribution in [0.5, 0.6) is 11.5 Å². The van der Waals surface area contributed by atoms with Crippen LogP contribution in [0.2, 0.25) is 0 Å². The highest BCUT2D eigenvalue weighted by molar-refractivity contribution is 14.0. The second-order valence-corrected chi connectivity index (χ2v) is 5.84. The van der Waals surface area contributed by atoms with Crippen LogP contribution in [-0.2, 0) is 6.42 Å². The molecule has 0 fully saturated rings. The van der Waals surface area contributed by atoms with E-state index in [0.717, 1.165) is 30.5 Å². The third kappa shape index (κ3) is 7.22. The van der Waals surface area contributed by atoms with E-state index in [-0.39, 0.29) is 29.7 Å². The standard InChI is InChI=1S/C19H24N4O4.HI/c1-26-17-11-8-15(13-18(17)27-2)22-19(20)21-12-4-3-5-14-6-9-16(10-7-14)23(24)25;/h6-11,13H,3-5,12H2,1-2H3,(H3,20,21,22);1H. The van der Waals surface area contributed by atoms with Crippen LogP contribution in [0.1, 0.15) is 18.4 Å². The summed E-state index contributed by atoms with van der Waals surface area (Å²) in [4.78, 5) is 14.5. The number of rotatable bonds is 9. The number of nitro benzene ring substituents is 1. The van der Waals surface area contributed by atoms with E-state index in [0.29, 0.717) is 24.0 Å². The van der Waals surface area contributed by atoms with Crippen LogP contribution in [0.25, 0.3) is 0 Å². The highest BCUT2D eigenvalue weighted by Gasteiger charge is 2.05. The van der Waals surface area contributed by atoms with Gasteiger partial charge in [0.2, 0.25) is 0 Å². The minimum Gasteiger partial charge on any atom is -0.493 e. The minimum absolute atomic E-state index is 0. The maximum absolute atomic E-state index is 10.6. The predicted molar refractivity (Wildman–Crippen MR) is 121 cm³/mol. The zero-order valence-corrected chi connectivity index (χ0v) is 18.2. The smallest absolute Gasteiger partial charge is 0.269 e. The maximum Gasteiger partial charge on any atom is 0.269 e. The first kappa shape index (κ1) is 23.5. The lowest BCUT2D eigenvalue weighted by Crippen LogP contribution is -2.22. The van der Waals surface area contributed by atoms with Gasteiger partial charge in [0.1, 0.15) is 0 Å². The summed E-state index contributed by atoms with van der Waals surface area (Å²) in [5, 5.41) is 13.7. The molecule has 0 atom stereocenters. The molecule has 0 unspecified atom stereocenters. The molecule has 2 rings (SSSR count). The number of benzene rings is 2. The summed E-state index contributed by atoms with van der Waals surface area (Å²) in [6.45, 7) is 0.596. The minimum atomic E-state index is -0.396. The first-order valence-corrected chi connectivity index (χ1v) is 8.55. The zero-order valence-electron chi connectivity index (χ0n) is 15.9. The Morgan fingerprint density at radius 2 is 1.79 bits per heavy atom. The number of anilines is 1. The molecule has 0 spiro atoms. The number of methoxy groups -OCH3 is 2. The molecule has 3 N–H and O–H groups in total. The molecule has 8 nitrogen and oxygen atoms in total. The Kier molecular flexibility index (Phi) is 10.1. The lowest BCUT2D eigenvalue weighted by molar-refractivity contribution is -0.384. The van der Waals surface area contributed by atoms with E-state index in [1.807, 2.05) is 6.07 Å². The van der Waals surface area contributed by atoms with Crippen molar-refractivity contribution in [2.75, 3.05) is 26.1 Å². The van der Waals surface area contributed by atoms with Crippen LogP contribution >= 0.6 is 24.0 Å². The number of ether oxygens (including phenoxy) is 2. The second kappa shape index (κ2) is 12.0. The molecule has 0 aromatic heterocycles. The summed E-state index contributed by atoms with van der Waals surface area (Å²) >= 11 is 0. The fourth-order valence-electron chi connectivity index (χ4n) is 2.53. The van der Waals surface area contributed by atoms with E-state index < -0.39 is 4.92 Å². The first-order chi connectivity index (χ1) is 13.0. The summed E-state index contributed by atoms with van der Waals surface area (Å²) in [5.74, 6) is 1.58. The van der Waals surface area contributed by atoms with E-state index in [9.17, 15) is 10.1 Å². The molecule has 9 heteroatoms. The monoisotopic (exact) mass is 500 g/mol. The number of halogens is 1. The molecule has 0 heterocycles. The average molecular weight is 500 g/mol. The fraction of sp³-hybridized carbons (Fsp3) is 0.316. The molecule has 0 aliphatic heterocycles. The Morgan fingerprint density at radius 1 is 1.11 bits per heavy atom. The Hall–Kier alpha value is -2.56. The van der Waals surface area contributed by atoms with E-state index in [2.05, 4.69) is 10.3 Å². The summed E-state index contributed by atoms with van der Waals surface area (Å²) in [5.41, 5.74) is 7.85. The zero-order chi connectivity index (χ0) is 19.6. The molecular weight excluding hydrogens is 475 g/mol. The van der Waals surface area contributed by atoms with Crippen molar-refractivity contribution in [3.63, 3.8) is 0 Å². The molecular formula is C19H25IN4O4. The highest BCUT2D eigenvalue weighted by Crippen LogP contribution is 2.29. The van der Waals surface area contributed by atoms with E-state index >= 15 is 0 Å². The van der Waals surface area contributed by atoms with Gasteiger partial charge in [0.25, 0.3) is 5.69 Å². The number of aliphatic imine (C=N–C) groups is 1. The van der Waals surface area contributed by atoms with Crippen molar-refractivity contribution in [1.29, 1.82) is 0 Å². The molecule has 0 saturated heterocycles. The van der Waals surface area contributed by atoms with Crippen LogP contribution in [-0.4, -0.2) is 31.6 Å². The van der Waals surface area contributed by atoms with Crippen molar-refractivity contribution in [3.8, 4) is 11.5 Å². The van der Waals surface area contributed by atoms with Gasteiger partial charge in [-0.3, -0.25) is 15.1 Å². The third-order valence-corrected chi connectivity index (χ3v) is 3.96. The lowest BCUT2D eigenvalue weighted by atomic mass is 10.1. The van der Waals surface area contributed by atoms with Gasteiger partial charge in [-0.05, 0) is 37.0 Å². The van der Waals surface area contributed by atoms with Gasteiger partial charge in [0.15, 0.2) is 17.5 Å². The van der Waals surface area contributed by atoms with Gasteiger partial charge >= 0.3 is 0 Å². The van der Waals surface area contributed by atoms with Crippen LogP contribution in [0.15, 0.2) is 47.5 Å². The molecule has 0 radical (unpaired) electrons. The Labute approximate surface area is 181 Å². The van der Waals surface area contributed by atoms with Gasteiger partial charge in [-0.25, -0.2) is 0 Å². The number of aryl methyl sites for hydroxylation is 1. The first-order valence-electron chi connectivity index (χ1n) is 8.55. The number of nitro groups is 1. The predicted octanol–water partition coefficient (Wildman–Crippen LogP) is 3.98. The molecule has 28 heavy (non-hydrogen) atoms. The molecule has 0 aliphatic rings. The summed E-state index contributed by atoms with van der Waals surface area (Å²) in [6.07, 6.45) is 2.63. The largest absolute Gasteiger partial charge is 0.493 e. The van der Waals surface area contributed by atoms with E-state index in [1.165, 1.54) is 12.1 Å². The topological polar surface area (TPSA) is 112 Å². The van der Waals surface area contributed by atoms with Gasteiger partial charge in [0.05, 0.1) is 19.1 Å². The second-order valence-electron chi connectivity index (χ2n) is 5.84. The van der Waals surface area contributed by atoms with Gasteiger partial charge in [0, 0.05) is 30.4 Å². The fourth-order valence-corrected chi connectivity index (χ4v) is 2.53. The maximum atomic E-state index is 10.6. The molecule has 0 aliphatic carbocycles. The lowest BCUT2D eigenvalue weighted by Gasteiger charge is -2.10. The summed E-state index contributed by atoms with van der Waals surface area (Å²) < 4.78 is 10.4. The Morgan fingerprint density at radius 3 is 2.39 bits per heavy atom. The molecule has 0 amide bonds. The van der Waals surface area contributed by atoms with Gasteiger partial charge in [-0.2, -0.15) is 0 Å². The quantitative estimate of drug-likeness (QED) is 0.135. The van der Waals surface area contributed by atoms with Crippen LogP contribution < -0.4 is 20.5 Å². The van der Waals surface area contributed by atoms with E-state index in [1.54, 1.807) is 38.5 Å². The van der Waals surface area contributed by atoms with Crippen molar-refractivity contribution in [3.05, 3.63) is 58.1 Å². The number of guanidine groups is 1. The van der Waals surface area contributed by atoms with E-state index in [4.69, 9.17) is 15.2 Å². The van der Waals surface area contributed by atoms with Crippen molar-refractivity contribution < 1.29 is 14.4 Å². The molecule has 0 saturated carbocycles. The molecule has 0 bridgehead atoms. The van der Waals surface area contributed by atoms with Gasteiger partial charge < -0.3 is 20.5 Å². The summed E-state index contributed by atoms with van der Waals surface area (Å²) in [6, 6.07) is 12.0. The summed E-state index contributed by atoms with van der Waals surface area (Å²) in [7, 11) is 3.15. The SMILES string of the molecule is COc1ccc(NC(N)=NCCCCc2ccc([N+](=O)[O-])cc2)cc1OC.I. The van der Waals surface area contributed by atoms with Crippen molar-refractivity contribution >= 4 is 41.3 Å². The highest BCUT2D eigenvalue weighted by atomic mass is 127. The number of unbranched alkanes of at least 4 members (excludes halogenated alkanes) is 1. The van der Waals surface area contributed by atoms with Crippen molar-refractivity contribution in [1.82, 2.24) is 0 Å². The molecule has 152 valence electrons. The Bertz CT molecular complexity index is 797. The number of nitrogens with one attached hydrogen (secondary N) is 1. The van der Waals surface area contributed by atoms with Crippen molar-refractivity contribution in [2.45, 2.75) is 19.3 Å². The number of hydrogen-bond acceptors (Lipinski definition) is 5. The van der Waals surface area contributed by atoms with Crippen molar-refractivity contribution in [2.24, 2.45) is 10.7 Å². The number of nitrogens with two attached hydrogens (primary N) is 1. The number of nitrogens with zero attached hydrogens (tertiary/aromatic N) is 2. The third-order valence-electron chi connectivity index (χ3n) is 3.96. The van der Waals surface area contributed by atoms with Gasteiger partial charge in [-0.1, -0.05) is 12.1 Å².